The van der Waals surface area contributed by atoms with Crippen molar-refractivity contribution in [2.45, 2.75) is 0 Å². The molecule has 0 atom stereocenters. The average molecular weight is 112 g/mol. The van der Waals surface area contributed by atoms with Crippen molar-refractivity contribution < 1.29 is 18.1 Å². The number of rotatable bonds is 1. The van der Waals surface area contributed by atoms with E-state index in [2.05, 4.69) is 0 Å². The molecule has 0 amide bonds. The third kappa shape index (κ3) is 3.74. The Bertz CT molecular complexity index is 89.7. The van der Waals surface area contributed by atoms with Crippen LogP contribution in [-0.2, 0) is 15.3 Å². The van der Waals surface area contributed by atoms with E-state index < -0.39 is 16.1 Å². The summed E-state index contributed by atoms with van der Waals surface area (Å²) in [4.78, 5) is 9.06. The first-order chi connectivity index (χ1) is 2.56. The molecule has 2 N–H and O–H groups in total. The molecular formula is CH4O4S. The lowest BCUT2D eigenvalue weighted by molar-refractivity contribution is 0.433. The normalized spacial score (nSPS) is 13.7. The van der Waals surface area contributed by atoms with Crippen LogP contribution in [0.25, 0.3) is 0 Å². The SMILES string of the molecule is O=C[SH](=O)(O)O. The third-order valence-corrected chi connectivity index (χ3v) is 0.412. The lowest BCUT2D eigenvalue weighted by Crippen LogP contribution is -2.07. The van der Waals surface area contributed by atoms with Gasteiger partial charge in [-0.2, -0.15) is 0 Å². The largest absolute Gasteiger partial charge is 0.304 e. The molecule has 0 saturated heterocycles. The van der Waals surface area contributed by atoms with E-state index in [-0.39, 0.29) is 0 Å². The minimum Gasteiger partial charge on any atom is -0.304 e. The predicted molar refractivity (Wildman–Crippen MR) is 21.5 cm³/mol. The molecule has 0 rings (SSSR count). The highest BCUT2D eigenvalue weighted by Gasteiger charge is 1.93. The molecule has 0 aliphatic rings. The summed E-state index contributed by atoms with van der Waals surface area (Å²) in [5.41, 5.74) is -0.396. The van der Waals surface area contributed by atoms with E-state index in [1.165, 1.54) is 0 Å². The summed E-state index contributed by atoms with van der Waals surface area (Å²) in [7, 11) is -4.33. The van der Waals surface area contributed by atoms with Crippen LogP contribution in [0.4, 0.5) is 0 Å². The molecule has 0 bridgehead atoms. The first kappa shape index (κ1) is 5.74. The fourth-order valence-electron chi connectivity index (χ4n) is 0. The molecule has 0 spiro atoms. The lowest BCUT2D eigenvalue weighted by atomic mass is 11.8. The van der Waals surface area contributed by atoms with Crippen LogP contribution in [0.1, 0.15) is 0 Å². The van der Waals surface area contributed by atoms with E-state index in [0.29, 0.717) is 0 Å². The summed E-state index contributed by atoms with van der Waals surface area (Å²) in [6.45, 7) is 0. The molecule has 38 valence electrons. The smallest absolute Gasteiger partial charge is 0.227 e. The fraction of sp³-hybridized carbons (Fsp3) is 0. The monoisotopic (exact) mass is 112 g/mol. The Labute approximate surface area is 35.2 Å². The predicted octanol–water partition coefficient (Wildman–Crippen LogP) is -0.861. The Balaban J connectivity index is 3.81. The highest BCUT2D eigenvalue weighted by molar-refractivity contribution is 8.05. The van der Waals surface area contributed by atoms with Gasteiger partial charge in [0.2, 0.25) is 5.62 Å². The highest BCUT2D eigenvalue weighted by Crippen LogP contribution is 1.77. The minimum atomic E-state index is -4.33. The quantitative estimate of drug-likeness (QED) is 0.305. The number of carbonyl (C=O) groups is 1. The van der Waals surface area contributed by atoms with Gasteiger partial charge in [0.25, 0.3) is 0 Å². The van der Waals surface area contributed by atoms with Gasteiger partial charge in [0, 0.05) is 0 Å². The molecule has 0 aromatic heterocycles. The maximum atomic E-state index is 9.33. The third-order valence-electron chi connectivity index (χ3n) is 0.137. The van der Waals surface area contributed by atoms with Gasteiger partial charge >= 0.3 is 0 Å². The second-order valence-corrected chi connectivity index (χ2v) is 2.08. The van der Waals surface area contributed by atoms with Gasteiger partial charge in [-0.15, -0.1) is 0 Å². The van der Waals surface area contributed by atoms with Gasteiger partial charge in [-0.05, 0) is 0 Å². The molecule has 0 aliphatic carbocycles. The van der Waals surface area contributed by atoms with E-state index in [9.17, 15) is 4.21 Å². The maximum Gasteiger partial charge on any atom is 0.227 e. The van der Waals surface area contributed by atoms with Gasteiger partial charge in [-0.25, -0.2) is 4.21 Å². The van der Waals surface area contributed by atoms with E-state index in [1.54, 1.807) is 0 Å². The summed E-state index contributed by atoms with van der Waals surface area (Å²) in [6, 6.07) is 0. The van der Waals surface area contributed by atoms with Crippen molar-refractivity contribution in [1.29, 1.82) is 0 Å². The van der Waals surface area contributed by atoms with Gasteiger partial charge in [-0.1, -0.05) is 0 Å². The second kappa shape index (κ2) is 1.46. The second-order valence-electron chi connectivity index (χ2n) is 0.695. The van der Waals surface area contributed by atoms with Crippen LogP contribution in [0, 0.1) is 0 Å². The highest BCUT2D eigenvalue weighted by atomic mass is 32.3. The van der Waals surface area contributed by atoms with Crippen LogP contribution in [0.5, 0.6) is 0 Å². The molecule has 0 radical (unpaired) electrons. The van der Waals surface area contributed by atoms with Crippen molar-refractivity contribution in [2.24, 2.45) is 0 Å². The van der Waals surface area contributed by atoms with Crippen LogP contribution in [0.15, 0.2) is 0 Å². The Morgan fingerprint density at radius 1 is 1.50 bits per heavy atom. The van der Waals surface area contributed by atoms with Crippen LogP contribution in [0.3, 0.4) is 0 Å². The van der Waals surface area contributed by atoms with Crippen LogP contribution >= 0.6 is 0 Å². The maximum absolute atomic E-state index is 9.33. The number of hydrogen-bond acceptors (Lipinski definition) is 2. The first-order valence-corrected chi connectivity index (χ1v) is 2.76. The zero-order valence-electron chi connectivity index (χ0n) is 2.74. The number of carbonyl (C=O) groups excluding carboxylic acids is 1. The van der Waals surface area contributed by atoms with Crippen molar-refractivity contribution in [2.75, 3.05) is 0 Å². The zero-order chi connectivity index (χ0) is 5.21. The lowest BCUT2D eigenvalue weighted by Gasteiger charge is -1.93. The Morgan fingerprint density at radius 3 is 1.67 bits per heavy atom. The summed E-state index contributed by atoms with van der Waals surface area (Å²) >= 11 is 0. The molecule has 6 heavy (non-hydrogen) atoms. The zero-order valence-corrected chi connectivity index (χ0v) is 3.63. The minimum absolute atomic E-state index is 0.396. The van der Waals surface area contributed by atoms with Crippen LogP contribution < -0.4 is 0 Å². The summed E-state index contributed by atoms with van der Waals surface area (Å²) in [6.07, 6.45) is 0. The molecule has 4 nitrogen and oxygen atoms in total. The Kier molecular flexibility index (Phi) is 1.40. The molecular weight excluding hydrogens is 108 g/mol. The molecule has 0 aliphatic heterocycles. The average Bonchev–Trinajstić information content (AvgIpc) is 1.35. The van der Waals surface area contributed by atoms with E-state index in [4.69, 9.17) is 13.9 Å². The Morgan fingerprint density at radius 2 is 1.67 bits per heavy atom. The molecule has 0 saturated carbocycles. The van der Waals surface area contributed by atoms with E-state index >= 15 is 0 Å². The molecule has 0 aromatic carbocycles. The molecule has 0 fully saturated rings. The summed E-state index contributed by atoms with van der Waals surface area (Å²) in [5.74, 6) is 0. The van der Waals surface area contributed by atoms with Crippen molar-refractivity contribution in [3.63, 3.8) is 0 Å². The first-order valence-electron chi connectivity index (χ1n) is 1.08. The van der Waals surface area contributed by atoms with Gasteiger partial charge in [0.1, 0.15) is 10.5 Å². The van der Waals surface area contributed by atoms with Crippen molar-refractivity contribution in [1.82, 2.24) is 0 Å². The van der Waals surface area contributed by atoms with E-state index in [1.807, 2.05) is 0 Å². The van der Waals surface area contributed by atoms with Gasteiger partial charge in [0.15, 0.2) is 0 Å². The number of hydrogen-bond donors (Lipinski definition) is 3. The van der Waals surface area contributed by atoms with Gasteiger partial charge in [-0.3, -0.25) is 4.79 Å². The standard InChI is InChI=1S/CH4O4S/c2-1-6(3,4)5/h1,6H,(H2,3,4,5). The number of thiol groups is 1. The van der Waals surface area contributed by atoms with Crippen molar-refractivity contribution >= 4 is 16.1 Å². The van der Waals surface area contributed by atoms with Crippen molar-refractivity contribution in [3.8, 4) is 0 Å². The Hall–Kier alpha value is -0.260. The summed E-state index contributed by atoms with van der Waals surface area (Å²) in [5, 5.41) is 0. The summed E-state index contributed by atoms with van der Waals surface area (Å²) < 4.78 is 24.5. The van der Waals surface area contributed by atoms with Gasteiger partial charge in [0.05, 0.1) is 0 Å². The molecule has 5 heteroatoms. The molecule has 0 unspecified atom stereocenters. The van der Waals surface area contributed by atoms with Gasteiger partial charge < -0.3 is 9.11 Å². The molecule has 0 aromatic rings. The molecule has 0 heterocycles. The van der Waals surface area contributed by atoms with Crippen LogP contribution in [0.2, 0.25) is 0 Å². The van der Waals surface area contributed by atoms with Crippen LogP contribution in [-0.4, -0.2) is 18.9 Å². The van der Waals surface area contributed by atoms with E-state index in [0.717, 1.165) is 0 Å². The topological polar surface area (TPSA) is 74.6 Å². The van der Waals surface area contributed by atoms with Crippen molar-refractivity contribution in [3.05, 3.63) is 0 Å². The fourth-order valence-corrected chi connectivity index (χ4v) is 0.